The van der Waals surface area contributed by atoms with Gasteiger partial charge in [0.1, 0.15) is 5.75 Å². The minimum absolute atomic E-state index is 0.0195. The van der Waals surface area contributed by atoms with Crippen LogP contribution in [0, 0.1) is 10.1 Å². The largest absolute Gasteiger partial charge is 0.423 e. The molecule has 0 spiro atoms. The van der Waals surface area contributed by atoms with Crippen molar-refractivity contribution in [1.29, 1.82) is 0 Å². The Balaban J connectivity index is 1.88. The van der Waals surface area contributed by atoms with Crippen LogP contribution in [0.5, 0.6) is 5.75 Å². The zero-order chi connectivity index (χ0) is 22.4. The standard InChI is InChI=1S/C22H18N2O6S/c1-2-15-23(18-8-4-3-5-9-18)31(28,29)21-10-6-7-17(16-21)22(25)30-20-13-11-19(12-14-20)24(26)27/h2-14,16H,1,15H2. The molecule has 0 aromatic heterocycles. The Morgan fingerprint density at radius 3 is 2.32 bits per heavy atom. The van der Waals surface area contributed by atoms with E-state index in [2.05, 4.69) is 6.58 Å². The number of hydrogen-bond donors (Lipinski definition) is 0. The number of anilines is 1. The quantitative estimate of drug-likeness (QED) is 0.172. The van der Waals surface area contributed by atoms with E-state index in [1.807, 2.05) is 0 Å². The number of hydrogen-bond acceptors (Lipinski definition) is 6. The number of carbonyl (C=O) groups is 1. The van der Waals surface area contributed by atoms with Gasteiger partial charge in [0.15, 0.2) is 0 Å². The van der Waals surface area contributed by atoms with Crippen LogP contribution in [-0.2, 0) is 10.0 Å². The lowest BCUT2D eigenvalue weighted by atomic mass is 10.2. The lowest BCUT2D eigenvalue weighted by molar-refractivity contribution is -0.384. The van der Waals surface area contributed by atoms with Crippen LogP contribution < -0.4 is 9.04 Å². The topological polar surface area (TPSA) is 107 Å². The second-order valence-electron chi connectivity index (χ2n) is 6.33. The van der Waals surface area contributed by atoms with Gasteiger partial charge >= 0.3 is 5.97 Å². The van der Waals surface area contributed by atoms with E-state index in [0.717, 1.165) is 0 Å². The first-order valence-electron chi connectivity index (χ1n) is 9.08. The van der Waals surface area contributed by atoms with Gasteiger partial charge in [0.25, 0.3) is 15.7 Å². The van der Waals surface area contributed by atoms with Crippen LogP contribution in [0.4, 0.5) is 11.4 Å². The van der Waals surface area contributed by atoms with Crippen molar-refractivity contribution < 1.29 is 22.9 Å². The van der Waals surface area contributed by atoms with E-state index in [1.165, 1.54) is 58.9 Å². The zero-order valence-corrected chi connectivity index (χ0v) is 17.1. The molecule has 0 unspecified atom stereocenters. The van der Waals surface area contributed by atoms with E-state index in [0.29, 0.717) is 5.69 Å². The minimum Gasteiger partial charge on any atom is -0.423 e. The molecule has 0 aliphatic carbocycles. The van der Waals surface area contributed by atoms with Crippen molar-refractivity contribution in [3.8, 4) is 5.75 Å². The molecule has 0 saturated carbocycles. The molecule has 3 rings (SSSR count). The number of para-hydroxylation sites is 1. The number of nitro groups is 1. The number of esters is 1. The number of nitro benzene ring substituents is 1. The summed E-state index contributed by atoms with van der Waals surface area (Å²) >= 11 is 0. The van der Waals surface area contributed by atoms with Gasteiger partial charge in [-0.3, -0.25) is 14.4 Å². The number of nitrogens with zero attached hydrogens (tertiary/aromatic N) is 2. The molecular formula is C22H18N2O6S. The molecule has 0 aliphatic heterocycles. The molecule has 0 fully saturated rings. The molecule has 31 heavy (non-hydrogen) atoms. The molecule has 3 aromatic carbocycles. The van der Waals surface area contributed by atoms with Crippen molar-refractivity contribution in [1.82, 2.24) is 0 Å². The zero-order valence-electron chi connectivity index (χ0n) is 16.2. The number of non-ortho nitro benzene ring substituents is 1. The smallest absolute Gasteiger partial charge is 0.343 e. The average molecular weight is 438 g/mol. The minimum atomic E-state index is -3.98. The van der Waals surface area contributed by atoms with Gasteiger partial charge in [-0.05, 0) is 42.5 Å². The van der Waals surface area contributed by atoms with Crippen LogP contribution in [0.1, 0.15) is 10.4 Å². The van der Waals surface area contributed by atoms with Gasteiger partial charge in [0, 0.05) is 12.1 Å². The van der Waals surface area contributed by atoms with E-state index >= 15 is 0 Å². The molecule has 0 bridgehead atoms. The van der Waals surface area contributed by atoms with Gasteiger partial charge in [-0.25, -0.2) is 13.2 Å². The summed E-state index contributed by atoms with van der Waals surface area (Å²) in [6.07, 6.45) is 1.47. The third-order valence-electron chi connectivity index (χ3n) is 4.25. The van der Waals surface area contributed by atoms with Gasteiger partial charge in [-0.1, -0.05) is 30.3 Å². The van der Waals surface area contributed by atoms with Crippen LogP contribution >= 0.6 is 0 Å². The first kappa shape index (κ1) is 21.7. The highest BCUT2D eigenvalue weighted by atomic mass is 32.2. The van der Waals surface area contributed by atoms with Crippen molar-refractivity contribution in [2.75, 3.05) is 10.8 Å². The Bertz CT molecular complexity index is 1210. The molecule has 8 nitrogen and oxygen atoms in total. The number of carbonyl (C=O) groups excluding carboxylic acids is 1. The maximum absolute atomic E-state index is 13.2. The highest BCUT2D eigenvalue weighted by Gasteiger charge is 2.25. The lowest BCUT2D eigenvalue weighted by Gasteiger charge is -2.23. The van der Waals surface area contributed by atoms with Crippen molar-refractivity contribution >= 4 is 27.4 Å². The van der Waals surface area contributed by atoms with E-state index < -0.39 is 20.9 Å². The molecule has 158 valence electrons. The summed E-state index contributed by atoms with van der Waals surface area (Å²) in [5.41, 5.74) is 0.336. The number of rotatable bonds is 8. The molecular weight excluding hydrogens is 420 g/mol. The van der Waals surface area contributed by atoms with Crippen LogP contribution in [0.3, 0.4) is 0 Å². The van der Waals surface area contributed by atoms with E-state index in [-0.39, 0.29) is 28.4 Å². The SMILES string of the molecule is C=CCN(c1ccccc1)S(=O)(=O)c1cccc(C(=O)Oc2ccc([N+](=O)[O-])cc2)c1. The summed E-state index contributed by atoms with van der Waals surface area (Å²) in [7, 11) is -3.98. The first-order valence-corrected chi connectivity index (χ1v) is 10.5. The maximum Gasteiger partial charge on any atom is 0.343 e. The van der Waals surface area contributed by atoms with Crippen LogP contribution in [0.15, 0.2) is 96.4 Å². The Kier molecular flexibility index (Phi) is 6.46. The summed E-state index contributed by atoms with van der Waals surface area (Å²) < 4.78 is 32.8. The van der Waals surface area contributed by atoms with Gasteiger partial charge in [-0.2, -0.15) is 0 Å². The molecule has 0 heterocycles. The molecule has 0 saturated heterocycles. The van der Waals surface area contributed by atoms with Crippen LogP contribution in [0.2, 0.25) is 0 Å². The van der Waals surface area contributed by atoms with Crippen LogP contribution in [0.25, 0.3) is 0 Å². The van der Waals surface area contributed by atoms with Gasteiger partial charge in [-0.15, -0.1) is 6.58 Å². The predicted octanol–water partition coefficient (Wildman–Crippen LogP) is 4.20. The summed E-state index contributed by atoms with van der Waals surface area (Å²) in [6, 6.07) is 19.0. The molecule has 0 atom stereocenters. The lowest BCUT2D eigenvalue weighted by Crippen LogP contribution is -2.31. The molecule has 0 amide bonds. The Hall–Kier alpha value is -3.98. The third kappa shape index (κ3) is 4.96. The molecule has 0 N–H and O–H groups in total. The second-order valence-corrected chi connectivity index (χ2v) is 8.19. The molecule has 0 radical (unpaired) electrons. The first-order chi connectivity index (χ1) is 14.8. The fourth-order valence-corrected chi connectivity index (χ4v) is 4.25. The fraction of sp³-hybridized carbons (Fsp3) is 0.0455. The van der Waals surface area contributed by atoms with E-state index in [9.17, 15) is 23.3 Å². The Morgan fingerprint density at radius 1 is 1.03 bits per heavy atom. The van der Waals surface area contributed by atoms with Gasteiger partial charge < -0.3 is 4.74 Å². The fourth-order valence-electron chi connectivity index (χ4n) is 2.77. The third-order valence-corrected chi connectivity index (χ3v) is 6.04. The van der Waals surface area contributed by atoms with Crippen molar-refractivity contribution in [3.63, 3.8) is 0 Å². The number of benzene rings is 3. The summed E-state index contributed by atoms with van der Waals surface area (Å²) in [5, 5.41) is 10.7. The van der Waals surface area contributed by atoms with E-state index in [4.69, 9.17) is 4.74 Å². The Morgan fingerprint density at radius 2 is 1.71 bits per heavy atom. The second kappa shape index (κ2) is 9.23. The van der Waals surface area contributed by atoms with Gasteiger partial charge in [0.2, 0.25) is 0 Å². The monoisotopic (exact) mass is 438 g/mol. The normalized spacial score (nSPS) is 10.8. The summed E-state index contributed by atoms with van der Waals surface area (Å²) in [5.74, 6) is -0.692. The number of sulfonamides is 1. The van der Waals surface area contributed by atoms with Gasteiger partial charge in [0.05, 0.1) is 27.6 Å². The molecule has 3 aromatic rings. The summed E-state index contributed by atoms with van der Waals surface area (Å²) in [4.78, 5) is 22.6. The average Bonchev–Trinajstić information content (AvgIpc) is 2.78. The molecule has 9 heteroatoms. The summed E-state index contributed by atoms with van der Waals surface area (Å²) in [6.45, 7) is 3.67. The predicted molar refractivity (Wildman–Crippen MR) is 116 cm³/mol. The molecule has 0 aliphatic rings. The van der Waals surface area contributed by atoms with Crippen molar-refractivity contribution in [2.24, 2.45) is 0 Å². The number of ether oxygens (including phenoxy) is 1. The van der Waals surface area contributed by atoms with E-state index in [1.54, 1.807) is 30.3 Å². The highest BCUT2D eigenvalue weighted by molar-refractivity contribution is 7.92. The maximum atomic E-state index is 13.2. The van der Waals surface area contributed by atoms with Crippen molar-refractivity contribution in [3.05, 3.63) is 107 Å². The van der Waals surface area contributed by atoms with Crippen LogP contribution in [-0.4, -0.2) is 25.9 Å². The van der Waals surface area contributed by atoms with Crippen molar-refractivity contribution in [2.45, 2.75) is 4.90 Å². The Labute approximate surface area is 179 Å². The highest BCUT2D eigenvalue weighted by Crippen LogP contribution is 2.25.